The number of carbonyl (C=O) groups excluding carboxylic acids is 1. The van der Waals surface area contributed by atoms with E-state index in [9.17, 15) is 4.79 Å². The second-order valence-electron chi connectivity index (χ2n) is 10.5. The van der Waals surface area contributed by atoms with Gasteiger partial charge >= 0.3 is 0 Å². The van der Waals surface area contributed by atoms with E-state index >= 15 is 0 Å². The van der Waals surface area contributed by atoms with Crippen molar-refractivity contribution >= 4 is 22.6 Å². The van der Waals surface area contributed by atoms with Crippen molar-refractivity contribution < 1.29 is 14.1 Å². The highest BCUT2D eigenvalue weighted by atomic mass is 16.5. The molecule has 0 radical (unpaired) electrons. The minimum Gasteiger partial charge on any atom is -0.377 e. The monoisotopic (exact) mass is 526 g/mol. The summed E-state index contributed by atoms with van der Waals surface area (Å²) in [5, 5.41) is 8.21. The maximum absolute atomic E-state index is 13.5. The van der Waals surface area contributed by atoms with Crippen LogP contribution >= 0.6 is 0 Å². The fourth-order valence-electron chi connectivity index (χ4n) is 5.69. The molecule has 1 atom stereocenters. The Balaban J connectivity index is 1.45. The fraction of sp³-hybridized carbons (Fsp3) is 0.400. The Kier molecular flexibility index (Phi) is 7.01. The Hall–Kier alpha value is -3.82. The molecule has 1 N–H and O–H groups in total. The van der Waals surface area contributed by atoms with Crippen LogP contribution in [0.15, 0.2) is 53.1 Å². The molecule has 4 aromatic rings. The molecule has 2 aliphatic rings. The number of carbonyl (C=O) groups is 1. The number of aromatic nitrogens is 3. The number of aryl methyl sites for hydroxylation is 2. The summed E-state index contributed by atoms with van der Waals surface area (Å²) in [5.41, 5.74) is 4.65. The summed E-state index contributed by atoms with van der Waals surface area (Å²) in [4.78, 5) is 27.7. The summed E-state index contributed by atoms with van der Waals surface area (Å²) in [6.45, 7) is 7.55. The first-order chi connectivity index (χ1) is 19.0. The molecule has 0 saturated carbocycles. The van der Waals surface area contributed by atoms with Crippen LogP contribution in [0.25, 0.3) is 22.0 Å². The van der Waals surface area contributed by atoms with E-state index in [1.165, 1.54) is 0 Å². The third-order valence-corrected chi connectivity index (χ3v) is 7.84. The maximum atomic E-state index is 13.5. The first kappa shape index (κ1) is 25.5. The summed E-state index contributed by atoms with van der Waals surface area (Å²) in [6.07, 6.45) is 1.84. The Labute approximate surface area is 228 Å². The molecule has 202 valence electrons. The van der Waals surface area contributed by atoms with E-state index in [2.05, 4.69) is 45.5 Å². The topological polar surface area (TPSA) is 96.6 Å². The first-order valence-corrected chi connectivity index (χ1v) is 13.6. The smallest absolute Gasteiger partial charge is 0.289 e. The molecular formula is C30H34N6O3. The van der Waals surface area contributed by atoms with E-state index in [1.54, 1.807) is 0 Å². The molecule has 2 aromatic carbocycles. The molecular weight excluding hydrogens is 492 g/mol. The minimum absolute atomic E-state index is 0.0365. The number of fused-ring (bicyclic) bond motifs is 1. The van der Waals surface area contributed by atoms with Gasteiger partial charge in [-0.25, -0.2) is 9.97 Å². The summed E-state index contributed by atoms with van der Waals surface area (Å²) in [7, 11) is 2.11. The minimum atomic E-state index is -0.230. The van der Waals surface area contributed by atoms with Gasteiger partial charge in [0.1, 0.15) is 11.6 Å². The maximum Gasteiger partial charge on any atom is 0.289 e. The van der Waals surface area contributed by atoms with Crippen molar-refractivity contribution in [1.29, 1.82) is 0 Å². The molecule has 9 heteroatoms. The summed E-state index contributed by atoms with van der Waals surface area (Å²) in [6, 6.07) is 16.5. The molecule has 1 amide bonds. The van der Waals surface area contributed by atoms with Gasteiger partial charge < -0.3 is 24.4 Å². The van der Waals surface area contributed by atoms with Crippen molar-refractivity contribution in [1.82, 2.24) is 25.3 Å². The number of anilines is 1. The number of piperidine rings is 1. The number of likely N-dealkylation sites (tertiary alicyclic amines) is 1. The lowest BCUT2D eigenvalue weighted by atomic mass is 10.0. The number of ether oxygens (including phenoxy) is 1. The van der Waals surface area contributed by atoms with Crippen LogP contribution in [0, 0.1) is 13.8 Å². The van der Waals surface area contributed by atoms with E-state index < -0.39 is 0 Å². The summed E-state index contributed by atoms with van der Waals surface area (Å²) >= 11 is 0. The van der Waals surface area contributed by atoms with E-state index in [0.29, 0.717) is 19.8 Å². The van der Waals surface area contributed by atoms with E-state index in [1.807, 2.05) is 44.2 Å². The normalized spacial score (nSPS) is 18.9. The summed E-state index contributed by atoms with van der Waals surface area (Å²) in [5.74, 6) is 1.46. The largest absolute Gasteiger partial charge is 0.377 e. The number of nitrogens with one attached hydrogen (secondary N) is 1. The van der Waals surface area contributed by atoms with Gasteiger partial charge in [0.05, 0.1) is 30.5 Å². The third-order valence-electron chi connectivity index (χ3n) is 7.84. The van der Waals surface area contributed by atoms with Crippen LogP contribution in [0.3, 0.4) is 0 Å². The van der Waals surface area contributed by atoms with Crippen LogP contribution in [-0.2, 0) is 4.74 Å². The third kappa shape index (κ3) is 5.12. The van der Waals surface area contributed by atoms with Gasteiger partial charge in [-0.1, -0.05) is 41.6 Å². The molecule has 6 rings (SSSR count). The molecule has 2 saturated heterocycles. The second kappa shape index (κ2) is 10.7. The van der Waals surface area contributed by atoms with Crippen LogP contribution in [-0.4, -0.2) is 71.9 Å². The molecule has 2 aromatic heterocycles. The number of morpholine rings is 1. The molecule has 0 spiro atoms. The van der Waals surface area contributed by atoms with E-state index in [0.717, 1.165) is 70.8 Å². The van der Waals surface area contributed by atoms with Gasteiger partial charge in [0.15, 0.2) is 0 Å². The van der Waals surface area contributed by atoms with Gasteiger partial charge in [0.25, 0.3) is 5.91 Å². The molecule has 0 bridgehead atoms. The van der Waals surface area contributed by atoms with Crippen LogP contribution in [0.2, 0.25) is 0 Å². The average molecular weight is 527 g/mol. The zero-order valence-electron chi connectivity index (χ0n) is 22.7. The number of nitrogens with zero attached hydrogens (tertiary/aromatic N) is 5. The van der Waals surface area contributed by atoms with Crippen LogP contribution in [0.4, 0.5) is 5.82 Å². The molecule has 2 aliphatic heterocycles. The predicted octanol–water partition coefficient (Wildman–Crippen LogP) is 4.30. The number of hydrogen-bond acceptors (Lipinski definition) is 8. The van der Waals surface area contributed by atoms with Crippen molar-refractivity contribution in [3.05, 3.63) is 71.4 Å². The SMILES string of the molecule is Cc1noc(C)c1-c1ccc2nc(C(=O)NC3CCN(C)CC3)nc(N3CCOC[C@@H]3c3ccccc3)c2c1. The van der Waals surface area contributed by atoms with Crippen molar-refractivity contribution in [2.45, 2.75) is 38.8 Å². The lowest BCUT2D eigenvalue weighted by Gasteiger charge is -2.37. The van der Waals surface area contributed by atoms with Gasteiger partial charge in [0.2, 0.25) is 5.82 Å². The second-order valence-corrected chi connectivity index (χ2v) is 10.5. The quantitative estimate of drug-likeness (QED) is 0.411. The molecule has 0 unspecified atom stereocenters. The fourth-order valence-corrected chi connectivity index (χ4v) is 5.69. The van der Waals surface area contributed by atoms with Crippen molar-refractivity contribution in [3.63, 3.8) is 0 Å². The van der Waals surface area contributed by atoms with E-state index in [-0.39, 0.29) is 23.8 Å². The predicted molar refractivity (Wildman–Crippen MR) is 150 cm³/mol. The molecule has 9 nitrogen and oxygen atoms in total. The highest BCUT2D eigenvalue weighted by Gasteiger charge is 2.29. The van der Waals surface area contributed by atoms with Gasteiger partial charge in [-0.05, 0) is 70.1 Å². The Morgan fingerprint density at radius 1 is 1.03 bits per heavy atom. The highest BCUT2D eigenvalue weighted by molar-refractivity contribution is 5.98. The number of rotatable bonds is 5. The van der Waals surface area contributed by atoms with Gasteiger partial charge in [-0.2, -0.15) is 0 Å². The average Bonchev–Trinajstić information content (AvgIpc) is 3.31. The van der Waals surface area contributed by atoms with Crippen LogP contribution in [0.5, 0.6) is 0 Å². The van der Waals surface area contributed by atoms with Crippen molar-refractivity contribution in [2.24, 2.45) is 0 Å². The Morgan fingerprint density at radius 3 is 2.56 bits per heavy atom. The van der Waals surface area contributed by atoms with Gasteiger partial charge in [-0.15, -0.1) is 0 Å². The number of amides is 1. The lowest BCUT2D eigenvalue weighted by molar-refractivity contribution is 0.0904. The molecule has 39 heavy (non-hydrogen) atoms. The van der Waals surface area contributed by atoms with Crippen LogP contribution in [0.1, 0.15) is 46.5 Å². The van der Waals surface area contributed by atoms with Gasteiger partial charge in [0, 0.05) is 23.5 Å². The lowest BCUT2D eigenvalue weighted by Crippen LogP contribution is -2.44. The van der Waals surface area contributed by atoms with Crippen LogP contribution < -0.4 is 10.2 Å². The summed E-state index contributed by atoms with van der Waals surface area (Å²) < 4.78 is 11.4. The molecule has 2 fully saturated rings. The van der Waals surface area contributed by atoms with Crippen molar-refractivity contribution in [2.75, 3.05) is 44.8 Å². The zero-order valence-corrected chi connectivity index (χ0v) is 22.7. The zero-order chi connectivity index (χ0) is 26.9. The van der Waals surface area contributed by atoms with Crippen molar-refractivity contribution in [3.8, 4) is 11.1 Å². The first-order valence-electron chi connectivity index (χ1n) is 13.6. The molecule has 4 heterocycles. The number of benzene rings is 2. The Morgan fingerprint density at radius 2 is 1.82 bits per heavy atom. The standard InChI is InChI=1S/C30H34N6O3/c1-19-27(20(2)39-34-19)22-9-10-25-24(17-22)29(36-15-16-38-18-26(36)21-7-5-4-6-8-21)33-28(32-25)30(37)31-23-11-13-35(3)14-12-23/h4-10,17,23,26H,11-16,18H2,1-3H3,(H,31,37)/t26-/m1/s1. The van der Waals surface area contributed by atoms with E-state index in [4.69, 9.17) is 19.2 Å². The Bertz CT molecular complexity index is 1460. The van der Waals surface area contributed by atoms with Gasteiger partial charge in [-0.3, -0.25) is 4.79 Å². The molecule has 0 aliphatic carbocycles. The number of hydrogen-bond donors (Lipinski definition) is 1. The highest BCUT2D eigenvalue weighted by Crippen LogP contribution is 2.36.